The van der Waals surface area contributed by atoms with Gasteiger partial charge in [-0.15, -0.1) is 0 Å². The molecule has 1 N–H and O–H groups in total. The predicted octanol–water partition coefficient (Wildman–Crippen LogP) is 4.41. The van der Waals surface area contributed by atoms with Crippen LogP contribution in [0.4, 0.5) is 0 Å². The molecule has 17 heavy (non-hydrogen) atoms. The van der Waals surface area contributed by atoms with Gasteiger partial charge in [0, 0.05) is 17.1 Å². The molecule has 0 saturated carbocycles. The summed E-state index contributed by atoms with van der Waals surface area (Å²) in [6.07, 6.45) is 2.95. The quantitative estimate of drug-likeness (QED) is 0.684. The number of nitrogens with one attached hydrogen (secondary N) is 1. The first-order chi connectivity index (χ1) is 8.34. The van der Waals surface area contributed by atoms with E-state index in [1.54, 1.807) is 0 Å². The van der Waals surface area contributed by atoms with Crippen molar-refractivity contribution in [3.05, 3.63) is 70.9 Å². The van der Waals surface area contributed by atoms with Crippen molar-refractivity contribution in [3.63, 3.8) is 0 Å². The zero-order valence-corrected chi connectivity index (χ0v) is 10.0. The van der Waals surface area contributed by atoms with Crippen LogP contribution in [0.25, 0.3) is 10.9 Å². The molecule has 0 saturated heterocycles. The molecule has 0 aliphatic rings. The Hall–Kier alpha value is -1.73. The van der Waals surface area contributed by atoms with Gasteiger partial charge in [-0.2, -0.15) is 0 Å². The maximum absolute atomic E-state index is 6.25. The molecule has 0 atom stereocenters. The van der Waals surface area contributed by atoms with E-state index in [4.69, 9.17) is 11.6 Å². The average Bonchev–Trinajstić information content (AvgIpc) is 2.75. The van der Waals surface area contributed by atoms with E-state index in [2.05, 4.69) is 35.3 Å². The number of aromatic amines is 1. The number of benzene rings is 2. The second kappa shape index (κ2) is 4.27. The Bertz CT molecular complexity index is 640. The minimum absolute atomic E-state index is 0.815. The fraction of sp³-hybridized carbons (Fsp3) is 0.0667. The van der Waals surface area contributed by atoms with E-state index in [-0.39, 0.29) is 0 Å². The van der Waals surface area contributed by atoms with Crippen molar-refractivity contribution in [2.75, 3.05) is 0 Å². The molecule has 0 unspecified atom stereocenters. The number of halogens is 1. The van der Waals surface area contributed by atoms with E-state index in [0.717, 1.165) is 22.3 Å². The van der Waals surface area contributed by atoms with Gasteiger partial charge in [-0.1, -0.05) is 48.0 Å². The van der Waals surface area contributed by atoms with E-state index in [9.17, 15) is 0 Å². The van der Waals surface area contributed by atoms with E-state index in [1.165, 1.54) is 11.1 Å². The van der Waals surface area contributed by atoms with Crippen LogP contribution in [-0.2, 0) is 6.42 Å². The summed E-state index contributed by atoms with van der Waals surface area (Å²) >= 11 is 6.25. The summed E-state index contributed by atoms with van der Waals surface area (Å²) in [7, 11) is 0. The first-order valence-corrected chi connectivity index (χ1v) is 6.01. The van der Waals surface area contributed by atoms with Crippen molar-refractivity contribution < 1.29 is 0 Å². The third-order valence-corrected chi connectivity index (χ3v) is 3.29. The zero-order chi connectivity index (χ0) is 11.7. The van der Waals surface area contributed by atoms with Gasteiger partial charge in [0.1, 0.15) is 0 Å². The van der Waals surface area contributed by atoms with Crippen molar-refractivity contribution in [3.8, 4) is 0 Å². The van der Waals surface area contributed by atoms with Crippen molar-refractivity contribution in [1.82, 2.24) is 4.98 Å². The number of aromatic nitrogens is 1. The molecule has 1 heterocycles. The van der Waals surface area contributed by atoms with Crippen LogP contribution in [0.3, 0.4) is 0 Å². The maximum Gasteiger partial charge on any atom is 0.0502 e. The molecule has 0 fully saturated rings. The topological polar surface area (TPSA) is 15.8 Å². The van der Waals surface area contributed by atoms with Gasteiger partial charge in [-0.25, -0.2) is 0 Å². The molecule has 1 aromatic heterocycles. The van der Waals surface area contributed by atoms with Crippen LogP contribution in [-0.4, -0.2) is 4.98 Å². The Kier molecular flexibility index (Phi) is 2.62. The predicted molar refractivity (Wildman–Crippen MR) is 72.6 cm³/mol. The lowest BCUT2D eigenvalue weighted by atomic mass is 10.0. The number of fused-ring (bicyclic) bond motifs is 1. The van der Waals surface area contributed by atoms with Crippen molar-refractivity contribution in [2.24, 2.45) is 0 Å². The molecule has 2 heteroatoms. The average molecular weight is 242 g/mol. The van der Waals surface area contributed by atoms with Gasteiger partial charge < -0.3 is 4.98 Å². The molecule has 3 rings (SSSR count). The Balaban J connectivity index is 2.07. The van der Waals surface area contributed by atoms with E-state index < -0.39 is 0 Å². The third-order valence-electron chi connectivity index (χ3n) is 2.97. The van der Waals surface area contributed by atoms with Crippen LogP contribution in [0.1, 0.15) is 11.1 Å². The Morgan fingerprint density at radius 2 is 1.76 bits per heavy atom. The van der Waals surface area contributed by atoms with Gasteiger partial charge in [0.25, 0.3) is 0 Å². The largest absolute Gasteiger partial charge is 0.361 e. The second-order valence-electron chi connectivity index (χ2n) is 4.14. The highest BCUT2D eigenvalue weighted by atomic mass is 35.5. The summed E-state index contributed by atoms with van der Waals surface area (Å²) in [6, 6.07) is 16.4. The van der Waals surface area contributed by atoms with Crippen molar-refractivity contribution >= 4 is 22.5 Å². The van der Waals surface area contributed by atoms with Crippen LogP contribution in [0.5, 0.6) is 0 Å². The number of hydrogen-bond donors (Lipinski definition) is 1. The van der Waals surface area contributed by atoms with Crippen LogP contribution >= 0.6 is 11.6 Å². The van der Waals surface area contributed by atoms with Crippen LogP contribution < -0.4 is 0 Å². The monoisotopic (exact) mass is 241 g/mol. The molecule has 0 spiro atoms. The second-order valence-corrected chi connectivity index (χ2v) is 4.55. The molecular weight excluding hydrogens is 230 g/mol. The Morgan fingerprint density at radius 1 is 0.941 bits per heavy atom. The molecule has 0 amide bonds. The highest BCUT2D eigenvalue weighted by Gasteiger charge is 2.07. The lowest BCUT2D eigenvalue weighted by molar-refractivity contribution is 1.21. The summed E-state index contributed by atoms with van der Waals surface area (Å²) in [5.74, 6) is 0. The molecule has 84 valence electrons. The highest BCUT2D eigenvalue weighted by Crippen LogP contribution is 2.27. The summed E-state index contributed by atoms with van der Waals surface area (Å²) in [4.78, 5) is 3.26. The minimum Gasteiger partial charge on any atom is -0.361 e. The van der Waals surface area contributed by atoms with Gasteiger partial charge in [-0.3, -0.25) is 0 Å². The molecule has 2 aromatic carbocycles. The standard InChI is InChI=1S/C15H12ClN/c16-13-7-4-8-14-15(13)12(10-17-14)9-11-5-2-1-3-6-11/h1-8,10,17H,9H2. The smallest absolute Gasteiger partial charge is 0.0502 e. The molecule has 0 bridgehead atoms. The first-order valence-electron chi connectivity index (χ1n) is 5.63. The number of hydrogen-bond acceptors (Lipinski definition) is 0. The Labute approximate surface area is 105 Å². The van der Waals surface area contributed by atoms with Gasteiger partial charge in [0.2, 0.25) is 0 Å². The SMILES string of the molecule is Clc1cccc2[nH]cc(Cc3ccccc3)c12. The van der Waals surface area contributed by atoms with Crippen molar-refractivity contribution in [2.45, 2.75) is 6.42 Å². The number of H-pyrrole nitrogens is 1. The lowest BCUT2D eigenvalue weighted by Gasteiger charge is -2.01. The first kappa shape index (κ1) is 10.4. The summed E-state index contributed by atoms with van der Waals surface area (Å²) in [6.45, 7) is 0. The minimum atomic E-state index is 0.815. The van der Waals surface area contributed by atoms with Crippen molar-refractivity contribution in [1.29, 1.82) is 0 Å². The van der Waals surface area contributed by atoms with Crippen LogP contribution in [0.15, 0.2) is 54.7 Å². The van der Waals surface area contributed by atoms with E-state index in [1.807, 2.05) is 24.4 Å². The molecule has 1 nitrogen and oxygen atoms in total. The summed E-state index contributed by atoms with van der Waals surface area (Å²) < 4.78 is 0. The van der Waals surface area contributed by atoms with E-state index in [0.29, 0.717) is 0 Å². The zero-order valence-electron chi connectivity index (χ0n) is 9.28. The van der Waals surface area contributed by atoms with Gasteiger partial charge >= 0.3 is 0 Å². The normalized spacial score (nSPS) is 10.9. The molecule has 0 aliphatic carbocycles. The maximum atomic E-state index is 6.25. The summed E-state index contributed by atoms with van der Waals surface area (Å²) in [5, 5.41) is 1.95. The molecular formula is C15H12ClN. The Morgan fingerprint density at radius 3 is 2.59 bits per heavy atom. The molecule has 3 aromatic rings. The molecule has 0 aliphatic heterocycles. The summed E-state index contributed by atoms with van der Waals surface area (Å²) in [5.41, 5.74) is 3.65. The van der Waals surface area contributed by atoms with Crippen LogP contribution in [0.2, 0.25) is 5.02 Å². The van der Waals surface area contributed by atoms with Crippen LogP contribution in [0, 0.1) is 0 Å². The van der Waals surface area contributed by atoms with E-state index >= 15 is 0 Å². The molecule has 0 radical (unpaired) electrons. The third kappa shape index (κ3) is 1.94. The fourth-order valence-corrected chi connectivity index (χ4v) is 2.46. The fourth-order valence-electron chi connectivity index (χ4n) is 2.16. The van der Waals surface area contributed by atoms with Gasteiger partial charge in [-0.05, 0) is 29.7 Å². The highest BCUT2D eigenvalue weighted by molar-refractivity contribution is 6.35. The number of rotatable bonds is 2. The van der Waals surface area contributed by atoms with Gasteiger partial charge in [0.15, 0.2) is 0 Å². The lowest BCUT2D eigenvalue weighted by Crippen LogP contribution is -1.85. The van der Waals surface area contributed by atoms with Gasteiger partial charge in [0.05, 0.1) is 5.02 Å².